The van der Waals surface area contributed by atoms with Gasteiger partial charge in [0.2, 0.25) is 0 Å². The van der Waals surface area contributed by atoms with Crippen molar-refractivity contribution in [2.45, 2.75) is 19.0 Å². The molecular weight excluding hydrogens is 344 g/mol. The molecule has 2 aromatic rings. The maximum atomic E-state index is 14.1. The van der Waals surface area contributed by atoms with Crippen molar-refractivity contribution in [3.8, 4) is 0 Å². The van der Waals surface area contributed by atoms with Crippen LogP contribution in [0.3, 0.4) is 0 Å². The van der Waals surface area contributed by atoms with E-state index in [1.807, 2.05) is 30.3 Å². The molecule has 7 N–H and O–H groups in total. The third-order valence-electron chi connectivity index (χ3n) is 3.52. The standard InChI is InChI=1S/C17H21F2N5S/c18-14-8-16(15(19)7-12(14)9-23-24-17(21)25)22-10-13(20)6-11-4-2-1-3-5-11/h1-5,7-8,13,22-23H,6,9-10,20H2,(H3,21,24,25)/t13-/m0/s1. The predicted molar refractivity (Wildman–Crippen MR) is 99.7 cm³/mol. The van der Waals surface area contributed by atoms with Crippen LogP contribution >= 0.6 is 12.2 Å². The quantitative estimate of drug-likeness (QED) is 0.362. The van der Waals surface area contributed by atoms with Gasteiger partial charge in [0, 0.05) is 30.8 Å². The zero-order chi connectivity index (χ0) is 18.2. The van der Waals surface area contributed by atoms with E-state index in [1.54, 1.807) is 0 Å². The molecule has 0 bridgehead atoms. The molecule has 0 aliphatic heterocycles. The summed E-state index contributed by atoms with van der Waals surface area (Å²) >= 11 is 4.61. The number of benzene rings is 2. The zero-order valence-corrected chi connectivity index (χ0v) is 14.4. The Morgan fingerprint density at radius 1 is 1.12 bits per heavy atom. The van der Waals surface area contributed by atoms with Gasteiger partial charge in [-0.1, -0.05) is 30.3 Å². The summed E-state index contributed by atoms with van der Waals surface area (Å²) in [5.74, 6) is -1.10. The minimum atomic E-state index is -0.555. The van der Waals surface area contributed by atoms with E-state index in [0.717, 1.165) is 17.7 Å². The van der Waals surface area contributed by atoms with Crippen LogP contribution in [0.2, 0.25) is 0 Å². The molecule has 0 heterocycles. The molecule has 0 amide bonds. The molecule has 5 nitrogen and oxygen atoms in total. The number of hydrazine groups is 1. The van der Waals surface area contributed by atoms with Crippen LogP contribution in [0.15, 0.2) is 42.5 Å². The third kappa shape index (κ3) is 6.26. The maximum Gasteiger partial charge on any atom is 0.178 e. The Bertz CT molecular complexity index is 712. The van der Waals surface area contributed by atoms with Gasteiger partial charge in [0.1, 0.15) is 11.6 Å². The van der Waals surface area contributed by atoms with E-state index in [9.17, 15) is 8.78 Å². The molecule has 0 unspecified atom stereocenters. The molecule has 25 heavy (non-hydrogen) atoms. The lowest BCUT2D eigenvalue weighted by atomic mass is 10.1. The Morgan fingerprint density at radius 3 is 2.52 bits per heavy atom. The van der Waals surface area contributed by atoms with Gasteiger partial charge in [0.25, 0.3) is 0 Å². The lowest BCUT2D eigenvalue weighted by Gasteiger charge is -2.15. The molecule has 1 atom stereocenters. The molecule has 0 radical (unpaired) electrons. The number of halogens is 2. The first-order chi connectivity index (χ1) is 12.0. The molecule has 0 saturated carbocycles. The molecule has 134 valence electrons. The van der Waals surface area contributed by atoms with Crippen LogP contribution < -0.4 is 27.6 Å². The summed E-state index contributed by atoms with van der Waals surface area (Å²) in [5, 5.41) is 2.88. The van der Waals surface area contributed by atoms with E-state index in [0.29, 0.717) is 13.0 Å². The molecule has 0 fully saturated rings. The van der Waals surface area contributed by atoms with E-state index in [1.165, 1.54) is 0 Å². The Morgan fingerprint density at radius 2 is 1.84 bits per heavy atom. The molecule has 0 aliphatic rings. The summed E-state index contributed by atoms with van der Waals surface area (Å²) in [4.78, 5) is 0. The number of hydrogen-bond acceptors (Lipinski definition) is 4. The van der Waals surface area contributed by atoms with E-state index in [4.69, 9.17) is 11.5 Å². The second kappa shape index (κ2) is 9.26. The first-order valence-electron chi connectivity index (χ1n) is 7.75. The topological polar surface area (TPSA) is 88.1 Å². The highest BCUT2D eigenvalue weighted by atomic mass is 32.1. The van der Waals surface area contributed by atoms with Gasteiger partial charge in [-0.15, -0.1) is 0 Å². The fraction of sp³-hybridized carbons (Fsp3) is 0.235. The number of hydrogen-bond donors (Lipinski definition) is 5. The minimum absolute atomic E-state index is 0.0200. The molecule has 0 saturated heterocycles. The van der Waals surface area contributed by atoms with Gasteiger partial charge in [-0.25, -0.2) is 14.2 Å². The van der Waals surface area contributed by atoms with E-state index < -0.39 is 11.6 Å². The Labute approximate surface area is 150 Å². The van der Waals surface area contributed by atoms with Gasteiger partial charge in [0.05, 0.1) is 5.69 Å². The van der Waals surface area contributed by atoms with Gasteiger partial charge in [-0.3, -0.25) is 5.43 Å². The first-order valence-corrected chi connectivity index (χ1v) is 8.16. The Balaban J connectivity index is 1.91. The molecule has 2 aromatic carbocycles. The SMILES string of the molecule is NC(=S)NNCc1cc(F)c(NC[C@@H](N)Cc2ccccc2)cc1F. The van der Waals surface area contributed by atoms with Crippen LogP contribution in [0.4, 0.5) is 14.5 Å². The summed E-state index contributed by atoms with van der Waals surface area (Å²) in [6.45, 7) is 0.361. The summed E-state index contributed by atoms with van der Waals surface area (Å²) in [7, 11) is 0. The van der Waals surface area contributed by atoms with Gasteiger partial charge < -0.3 is 16.8 Å². The van der Waals surface area contributed by atoms with Crippen LogP contribution in [0.5, 0.6) is 0 Å². The second-order valence-electron chi connectivity index (χ2n) is 5.60. The first kappa shape index (κ1) is 19.0. The van der Waals surface area contributed by atoms with Crippen molar-refractivity contribution in [2.75, 3.05) is 11.9 Å². The summed E-state index contributed by atoms with van der Waals surface area (Å²) in [5.41, 5.74) is 17.7. The number of rotatable bonds is 8. The average molecular weight is 365 g/mol. The number of nitrogens with one attached hydrogen (secondary N) is 3. The van der Waals surface area contributed by atoms with E-state index in [2.05, 4.69) is 28.4 Å². The van der Waals surface area contributed by atoms with Crippen molar-refractivity contribution >= 4 is 23.0 Å². The molecular formula is C17H21F2N5S. The van der Waals surface area contributed by atoms with Crippen molar-refractivity contribution in [3.63, 3.8) is 0 Å². The van der Waals surface area contributed by atoms with Crippen molar-refractivity contribution in [2.24, 2.45) is 11.5 Å². The summed E-state index contributed by atoms with van der Waals surface area (Å²) < 4.78 is 28.2. The normalized spacial score (nSPS) is 11.8. The molecule has 0 spiro atoms. The summed E-state index contributed by atoms with van der Waals surface area (Å²) in [6.07, 6.45) is 0.643. The molecule has 0 aliphatic carbocycles. The minimum Gasteiger partial charge on any atom is -0.381 e. The van der Waals surface area contributed by atoms with E-state index in [-0.39, 0.29) is 28.9 Å². The van der Waals surface area contributed by atoms with Crippen LogP contribution in [-0.4, -0.2) is 17.7 Å². The number of thiocarbonyl (C=S) groups is 1. The largest absolute Gasteiger partial charge is 0.381 e. The lowest BCUT2D eigenvalue weighted by molar-refractivity contribution is 0.562. The summed E-state index contributed by atoms with van der Waals surface area (Å²) in [6, 6.07) is 11.8. The van der Waals surface area contributed by atoms with Crippen molar-refractivity contribution in [1.29, 1.82) is 0 Å². The van der Waals surface area contributed by atoms with Crippen LogP contribution in [0.25, 0.3) is 0 Å². The fourth-order valence-electron chi connectivity index (χ4n) is 2.32. The van der Waals surface area contributed by atoms with Crippen LogP contribution in [0, 0.1) is 11.6 Å². The average Bonchev–Trinajstić information content (AvgIpc) is 2.57. The molecule has 8 heteroatoms. The van der Waals surface area contributed by atoms with Gasteiger partial charge in [-0.2, -0.15) is 0 Å². The maximum absolute atomic E-state index is 14.1. The smallest absolute Gasteiger partial charge is 0.178 e. The number of anilines is 1. The fourth-order valence-corrected chi connectivity index (χ4v) is 2.39. The Hall–Kier alpha value is -2.29. The second-order valence-corrected chi connectivity index (χ2v) is 6.04. The van der Waals surface area contributed by atoms with Crippen molar-refractivity contribution in [1.82, 2.24) is 10.9 Å². The lowest BCUT2D eigenvalue weighted by Crippen LogP contribution is -2.40. The van der Waals surface area contributed by atoms with Crippen LogP contribution in [-0.2, 0) is 13.0 Å². The zero-order valence-electron chi connectivity index (χ0n) is 13.6. The molecule has 2 rings (SSSR count). The molecule has 0 aromatic heterocycles. The van der Waals surface area contributed by atoms with Crippen molar-refractivity contribution < 1.29 is 8.78 Å². The monoisotopic (exact) mass is 365 g/mol. The van der Waals surface area contributed by atoms with E-state index >= 15 is 0 Å². The van der Waals surface area contributed by atoms with Crippen molar-refractivity contribution in [3.05, 3.63) is 65.2 Å². The predicted octanol–water partition coefficient (Wildman–Crippen LogP) is 1.78. The van der Waals surface area contributed by atoms with Gasteiger partial charge in [0.15, 0.2) is 5.11 Å². The highest BCUT2D eigenvalue weighted by Crippen LogP contribution is 2.19. The number of nitrogens with two attached hydrogens (primary N) is 2. The highest BCUT2D eigenvalue weighted by Gasteiger charge is 2.11. The van der Waals surface area contributed by atoms with Crippen LogP contribution in [0.1, 0.15) is 11.1 Å². The van der Waals surface area contributed by atoms with Gasteiger partial charge >= 0.3 is 0 Å². The Kier molecular flexibility index (Phi) is 7.05. The third-order valence-corrected chi connectivity index (χ3v) is 3.62. The highest BCUT2D eigenvalue weighted by molar-refractivity contribution is 7.80. The van der Waals surface area contributed by atoms with Gasteiger partial charge in [-0.05, 0) is 30.3 Å².